The molecule has 0 aliphatic heterocycles. The number of carbonyl (C=O) groups is 1. The van der Waals surface area contributed by atoms with E-state index in [9.17, 15) is 9.18 Å². The third-order valence-corrected chi connectivity index (χ3v) is 5.34. The highest BCUT2D eigenvalue weighted by Gasteiger charge is 2.13. The van der Waals surface area contributed by atoms with Crippen molar-refractivity contribution in [2.75, 3.05) is 0 Å². The molecule has 0 spiro atoms. The van der Waals surface area contributed by atoms with E-state index in [2.05, 4.69) is 25.9 Å². The maximum Gasteiger partial charge on any atom is 0.260 e. The molecule has 0 radical (unpaired) electrons. The van der Waals surface area contributed by atoms with E-state index in [1.807, 2.05) is 31.2 Å². The fourth-order valence-electron chi connectivity index (χ4n) is 2.64. The van der Waals surface area contributed by atoms with Crippen molar-refractivity contribution in [3.8, 4) is 10.6 Å². The van der Waals surface area contributed by atoms with Crippen LogP contribution in [0.2, 0.25) is 0 Å². The molecule has 29 heavy (non-hydrogen) atoms. The number of nitrogens with one attached hydrogen (secondary N) is 2. The molecule has 0 unspecified atom stereocenters. The van der Waals surface area contributed by atoms with E-state index in [1.165, 1.54) is 29.5 Å². The number of fused-ring (bicyclic) bond motifs is 1. The minimum absolute atomic E-state index is 0.0544. The Bertz CT molecular complexity index is 1200. The average molecular weight is 427 g/mol. The maximum absolute atomic E-state index is 13.7. The molecule has 0 saturated heterocycles. The number of aromatic nitrogens is 4. The summed E-state index contributed by atoms with van der Waals surface area (Å²) in [5, 5.41) is 19.0. The Labute approximate surface area is 174 Å². The van der Waals surface area contributed by atoms with E-state index in [4.69, 9.17) is 12.2 Å². The molecule has 2 aromatic heterocycles. The SMILES string of the molecule is Cc1nnc2sc(-c3ccc(CNC(=S)NC(=O)c4ccccc4F)cc3)nn12. The van der Waals surface area contributed by atoms with Crippen molar-refractivity contribution in [3.05, 3.63) is 71.3 Å². The molecule has 0 atom stereocenters. The number of amides is 1. The second-order valence-electron chi connectivity index (χ2n) is 6.16. The molecule has 0 bridgehead atoms. The van der Waals surface area contributed by atoms with E-state index in [0.717, 1.165) is 26.9 Å². The zero-order valence-corrected chi connectivity index (χ0v) is 16.9. The molecule has 0 aliphatic rings. The minimum atomic E-state index is -0.594. The monoisotopic (exact) mass is 426 g/mol. The van der Waals surface area contributed by atoms with E-state index >= 15 is 0 Å². The van der Waals surface area contributed by atoms with Crippen LogP contribution in [-0.2, 0) is 6.54 Å². The predicted molar refractivity (Wildman–Crippen MR) is 112 cm³/mol. The second kappa shape index (κ2) is 8.02. The first-order chi connectivity index (χ1) is 14.0. The van der Waals surface area contributed by atoms with Gasteiger partial charge in [0.2, 0.25) is 4.96 Å². The lowest BCUT2D eigenvalue weighted by atomic mass is 10.1. The largest absolute Gasteiger partial charge is 0.358 e. The Morgan fingerprint density at radius 3 is 2.66 bits per heavy atom. The highest BCUT2D eigenvalue weighted by molar-refractivity contribution is 7.80. The molecule has 1 amide bonds. The number of aryl methyl sites for hydroxylation is 1. The standard InChI is InChI=1S/C19H15FN6OS2/c1-11-23-24-19-26(11)25-17(29-19)13-8-6-12(7-9-13)10-21-18(28)22-16(27)14-4-2-3-5-15(14)20/h2-9H,10H2,1H3,(H2,21,22,27,28). The van der Waals surface area contributed by atoms with Gasteiger partial charge in [-0.1, -0.05) is 47.7 Å². The smallest absolute Gasteiger partial charge is 0.260 e. The van der Waals surface area contributed by atoms with Crippen LogP contribution in [-0.4, -0.2) is 30.8 Å². The van der Waals surface area contributed by atoms with Gasteiger partial charge in [-0.2, -0.15) is 9.61 Å². The summed E-state index contributed by atoms with van der Waals surface area (Å²) in [6.45, 7) is 2.27. The maximum atomic E-state index is 13.7. The number of hydrogen-bond donors (Lipinski definition) is 2. The van der Waals surface area contributed by atoms with Gasteiger partial charge in [0.15, 0.2) is 10.9 Å². The molecule has 7 nitrogen and oxygen atoms in total. The quantitative estimate of drug-likeness (QED) is 0.488. The van der Waals surface area contributed by atoms with Gasteiger partial charge in [0.1, 0.15) is 10.8 Å². The topological polar surface area (TPSA) is 84.2 Å². The first kappa shape index (κ1) is 19.1. The minimum Gasteiger partial charge on any atom is -0.358 e. The van der Waals surface area contributed by atoms with Crippen molar-refractivity contribution in [1.82, 2.24) is 30.4 Å². The molecule has 146 valence electrons. The summed E-state index contributed by atoms with van der Waals surface area (Å²) in [6, 6.07) is 13.5. The number of hydrogen-bond acceptors (Lipinski definition) is 6. The van der Waals surface area contributed by atoms with E-state index in [-0.39, 0.29) is 10.7 Å². The summed E-state index contributed by atoms with van der Waals surface area (Å²) in [4.78, 5) is 12.8. The fourth-order valence-corrected chi connectivity index (χ4v) is 3.69. The molecule has 10 heteroatoms. The lowest BCUT2D eigenvalue weighted by Crippen LogP contribution is -2.39. The van der Waals surface area contributed by atoms with Gasteiger partial charge in [0, 0.05) is 12.1 Å². The van der Waals surface area contributed by atoms with Gasteiger partial charge in [-0.3, -0.25) is 10.1 Å². The Morgan fingerprint density at radius 2 is 1.93 bits per heavy atom. The predicted octanol–water partition coefficient (Wildman–Crippen LogP) is 3.10. The lowest BCUT2D eigenvalue weighted by Gasteiger charge is -2.10. The van der Waals surface area contributed by atoms with Crippen LogP contribution in [0, 0.1) is 12.7 Å². The van der Waals surface area contributed by atoms with Crippen LogP contribution >= 0.6 is 23.6 Å². The molecule has 4 rings (SSSR count). The Morgan fingerprint density at radius 1 is 1.17 bits per heavy atom. The highest BCUT2D eigenvalue weighted by atomic mass is 32.1. The van der Waals surface area contributed by atoms with Crippen LogP contribution in [0.4, 0.5) is 4.39 Å². The summed E-state index contributed by atoms with van der Waals surface area (Å²) in [5.74, 6) is -0.437. The second-order valence-corrected chi connectivity index (χ2v) is 7.53. The van der Waals surface area contributed by atoms with Crippen LogP contribution in [0.5, 0.6) is 0 Å². The van der Waals surface area contributed by atoms with E-state index < -0.39 is 11.7 Å². The zero-order chi connectivity index (χ0) is 20.4. The van der Waals surface area contributed by atoms with Gasteiger partial charge < -0.3 is 5.32 Å². The molecule has 4 aromatic rings. The van der Waals surface area contributed by atoms with Crippen LogP contribution in [0.1, 0.15) is 21.7 Å². The third kappa shape index (κ3) is 4.13. The molecule has 0 saturated carbocycles. The van der Waals surface area contributed by atoms with Crippen LogP contribution < -0.4 is 10.6 Å². The highest BCUT2D eigenvalue weighted by Crippen LogP contribution is 2.25. The Hall–Kier alpha value is -3.24. The number of benzene rings is 2. The third-order valence-electron chi connectivity index (χ3n) is 4.15. The molecular weight excluding hydrogens is 411 g/mol. The van der Waals surface area contributed by atoms with Crippen molar-refractivity contribution in [1.29, 1.82) is 0 Å². The molecule has 2 N–H and O–H groups in total. The number of rotatable bonds is 4. The summed E-state index contributed by atoms with van der Waals surface area (Å²) < 4.78 is 15.4. The van der Waals surface area contributed by atoms with Crippen LogP contribution in [0.3, 0.4) is 0 Å². The molecular formula is C19H15FN6OS2. The molecule has 2 aromatic carbocycles. The van der Waals surface area contributed by atoms with Crippen molar-refractivity contribution in [2.24, 2.45) is 0 Å². The summed E-state index contributed by atoms with van der Waals surface area (Å²) in [6.07, 6.45) is 0. The van der Waals surface area contributed by atoms with E-state index in [1.54, 1.807) is 10.6 Å². The van der Waals surface area contributed by atoms with Gasteiger partial charge in [-0.05, 0) is 36.8 Å². The van der Waals surface area contributed by atoms with Gasteiger partial charge >= 0.3 is 0 Å². The van der Waals surface area contributed by atoms with E-state index in [0.29, 0.717) is 6.54 Å². The number of thiocarbonyl (C=S) groups is 1. The average Bonchev–Trinajstić information content (AvgIpc) is 3.29. The molecule has 2 heterocycles. The first-order valence-corrected chi connectivity index (χ1v) is 9.85. The Balaban J connectivity index is 1.36. The summed E-state index contributed by atoms with van der Waals surface area (Å²) >= 11 is 6.59. The van der Waals surface area contributed by atoms with Gasteiger partial charge in [-0.25, -0.2) is 4.39 Å². The van der Waals surface area contributed by atoms with Crippen molar-refractivity contribution >= 4 is 39.5 Å². The number of nitrogens with zero attached hydrogens (tertiary/aromatic N) is 4. The normalized spacial score (nSPS) is 10.8. The number of carbonyl (C=O) groups excluding carboxylic acids is 1. The van der Waals surface area contributed by atoms with Gasteiger partial charge in [0.25, 0.3) is 5.91 Å². The van der Waals surface area contributed by atoms with Gasteiger partial charge in [0.05, 0.1) is 5.56 Å². The zero-order valence-electron chi connectivity index (χ0n) is 15.2. The van der Waals surface area contributed by atoms with Crippen molar-refractivity contribution < 1.29 is 9.18 Å². The Kier molecular flexibility index (Phi) is 5.28. The molecule has 0 aliphatic carbocycles. The first-order valence-electron chi connectivity index (χ1n) is 8.63. The van der Waals surface area contributed by atoms with Crippen molar-refractivity contribution in [3.63, 3.8) is 0 Å². The fraction of sp³-hybridized carbons (Fsp3) is 0.105. The van der Waals surface area contributed by atoms with Gasteiger partial charge in [-0.15, -0.1) is 10.2 Å². The summed E-state index contributed by atoms with van der Waals surface area (Å²) in [7, 11) is 0. The van der Waals surface area contributed by atoms with Crippen molar-refractivity contribution in [2.45, 2.75) is 13.5 Å². The van der Waals surface area contributed by atoms with Crippen LogP contribution in [0.25, 0.3) is 15.5 Å². The molecule has 0 fully saturated rings. The number of halogens is 1. The summed E-state index contributed by atoms with van der Waals surface area (Å²) in [5.41, 5.74) is 1.88. The lowest BCUT2D eigenvalue weighted by molar-refractivity contribution is 0.0972. The van der Waals surface area contributed by atoms with Crippen LogP contribution in [0.15, 0.2) is 48.5 Å².